The minimum Gasteiger partial charge on any atom is -0.370 e. The maximum atomic E-state index is 13.3. The summed E-state index contributed by atoms with van der Waals surface area (Å²) >= 11 is 0. The summed E-state index contributed by atoms with van der Waals surface area (Å²) in [6, 6.07) is 2.71. The number of guanidine groups is 2. The number of benzene rings is 1. The Morgan fingerprint density at radius 1 is 1.19 bits per heavy atom. The fourth-order valence-electron chi connectivity index (χ4n) is 6.40. The van der Waals surface area contributed by atoms with Crippen LogP contribution in [0.4, 0.5) is 0 Å². The molecule has 13 nitrogen and oxygen atoms in total. The van der Waals surface area contributed by atoms with Gasteiger partial charge in [0.25, 0.3) is 11.6 Å². The van der Waals surface area contributed by atoms with Crippen LogP contribution in [-0.2, 0) is 22.4 Å². The molecule has 36 heavy (non-hydrogen) atoms. The van der Waals surface area contributed by atoms with Crippen LogP contribution >= 0.6 is 0 Å². The summed E-state index contributed by atoms with van der Waals surface area (Å²) in [6.45, 7) is -0.153. The van der Waals surface area contributed by atoms with Crippen molar-refractivity contribution in [1.82, 2.24) is 20.4 Å². The highest BCUT2D eigenvalue weighted by Crippen LogP contribution is 2.41. The number of aliphatic imine (C=N–C) groups is 1. The van der Waals surface area contributed by atoms with E-state index < -0.39 is 35.5 Å². The highest BCUT2D eigenvalue weighted by Gasteiger charge is 2.76. The molecule has 6 rings (SSSR count). The van der Waals surface area contributed by atoms with E-state index in [1.54, 1.807) is 6.07 Å². The zero-order chi connectivity index (χ0) is 25.4. The molecule has 5 aliphatic rings. The Hall–Kier alpha value is -3.71. The Bertz CT molecular complexity index is 1230. The molecule has 0 aromatic heterocycles. The van der Waals surface area contributed by atoms with Gasteiger partial charge in [-0.25, -0.2) is 10.3 Å². The molecule has 190 valence electrons. The van der Waals surface area contributed by atoms with Crippen molar-refractivity contribution in [2.24, 2.45) is 16.5 Å². The highest BCUT2D eigenvalue weighted by atomic mass is 16.5. The lowest BCUT2D eigenvalue weighted by Gasteiger charge is -2.46. The fourth-order valence-corrected chi connectivity index (χ4v) is 6.40. The van der Waals surface area contributed by atoms with E-state index in [1.165, 1.54) is 4.90 Å². The van der Waals surface area contributed by atoms with Gasteiger partial charge >= 0.3 is 5.96 Å². The second kappa shape index (κ2) is 7.64. The largest absolute Gasteiger partial charge is 0.370 e. The minimum atomic E-state index is -2.56. The molecule has 4 atom stereocenters. The van der Waals surface area contributed by atoms with E-state index in [1.807, 2.05) is 12.1 Å². The van der Waals surface area contributed by atoms with Crippen molar-refractivity contribution in [3.05, 3.63) is 34.9 Å². The molecule has 0 radical (unpaired) electrons. The normalized spacial score (nSPS) is 32.0. The average Bonchev–Trinajstić information content (AvgIpc) is 3.57. The van der Waals surface area contributed by atoms with Gasteiger partial charge in [0.2, 0.25) is 17.6 Å². The summed E-state index contributed by atoms with van der Waals surface area (Å²) in [4.78, 5) is 47.8. The van der Waals surface area contributed by atoms with Crippen LogP contribution in [0.5, 0.6) is 0 Å². The van der Waals surface area contributed by atoms with E-state index in [4.69, 9.17) is 11.5 Å². The van der Waals surface area contributed by atoms with Gasteiger partial charge < -0.3 is 21.3 Å². The summed E-state index contributed by atoms with van der Waals surface area (Å²) in [7, 11) is 0. The molecule has 0 saturated carbocycles. The number of carbonyl (C=O) groups excluding carboxylic acids is 3. The second-order valence-corrected chi connectivity index (χ2v) is 10.0. The molecular formula is C23H29N8O5+. The van der Waals surface area contributed by atoms with E-state index in [0.29, 0.717) is 5.56 Å². The van der Waals surface area contributed by atoms with Crippen molar-refractivity contribution < 1.29 is 29.6 Å². The van der Waals surface area contributed by atoms with Gasteiger partial charge in [-0.05, 0) is 36.5 Å². The zero-order valence-electron chi connectivity index (χ0n) is 19.5. The SMILES string of the molecule is NC1=N[C@@H](CN2C(=O)CCC2=O)[C@@H]2[NH+]=C(N)N[C@]23N1C[C@H](NC(=O)c1cccc2c1CCC2)C3(O)O. The van der Waals surface area contributed by atoms with Gasteiger partial charge in [0, 0.05) is 18.4 Å². The van der Waals surface area contributed by atoms with Crippen LogP contribution in [0.1, 0.15) is 40.7 Å². The molecule has 13 heteroatoms. The number of nitrogens with zero attached hydrogens (tertiary/aromatic N) is 3. The molecule has 9 N–H and O–H groups in total. The zero-order valence-corrected chi connectivity index (χ0v) is 19.5. The number of rotatable bonds is 4. The van der Waals surface area contributed by atoms with Gasteiger partial charge in [0.1, 0.15) is 12.1 Å². The first kappa shape index (κ1) is 22.7. The number of likely N-dealkylation sites (tertiary alicyclic amines) is 1. The van der Waals surface area contributed by atoms with Gasteiger partial charge in [-0.3, -0.25) is 34.9 Å². The molecule has 1 aliphatic carbocycles. The summed E-state index contributed by atoms with van der Waals surface area (Å²) in [5.41, 5.74) is 13.2. The Labute approximate surface area is 206 Å². The van der Waals surface area contributed by atoms with E-state index in [0.717, 1.165) is 35.3 Å². The van der Waals surface area contributed by atoms with Crippen molar-refractivity contribution in [2.75, 3.05) is 13.1 Å². The molecule has 2 fully saturated rings. The lowest BCUT2D eigenvalue weighted by molar-refractivity contribution is -0.521. The van der Waals surface area contributed by atoms with E-state index in [2.05, 4.69) is 20.6 Å². The smallest absolute Gasteiger partial charge is 0.343 e. The molecule has 0 bridgehead atoms. The predicted molar refractivity (Wildman–Crippen MR) is 125 cm³/mol. The number of carbonyl (C=O) groups is 3. The number of nitrogens with one attached hydrogen (secondary N) is 3. The number of hydrogen-bond donors (Lipinski definition) is 7. The van der Waals surface area contributed by atoms with Crippen molar-refractivity contribution in [2.45, 2.75) is 61.7 Å². The lowest BCUT2D eigenvalue weighted by Crippen LogP contribution is -2.90. The highest BCUT2D eigenvalue weighted by molar-refractivity contribution is 6.02. The number of aliphatic hydroxyl groups is 2. The van der Waals surface area contributed by atoms with E-state index >= 15 is 0 Å². The van der Waals surface area contributed by atoms with Gasteiger partial charge in [0.05, 0.1) is 13.1 Å². The first-order valence-corrected chi connectivity index (χ1v) is 12.1. The number of hydrogen-bond acceptors (Lipinski definition) is 10. The number of aryl methyl sites for hydroxylation is 1. The molecular weight excluding hydrogens is 468 g/mol. The summed E-state index contributed by atoms with van der Waals surface area (Å²) in [5, 5.41) is 28.9. The van der Waals surface area contributed by atoms with Gasteiger partial charge in [-0.15, -0.1) is 0 Å². The topological polar surface area (TPSA) is 201 Å². The maximum absolute atomic E-state index is 13.3. The third-order valence-electron chi connectivity index (χ3n) is 8.10. The van der Waals surface area contributed by atoms with Gasteiger partial charge in [-0.1, -0.05) is 12.1 Å². The van der Waals surface area contributed by atoms with Crippen LogP contribution in [0.25, 0.3) is 0 Å². The maximum Gasteiger partial charge on any atom is 0.343 e. The van der Waals surface area contributed by atoms with Crippen molar-refractivity contribution in [3.8, 4) is 0 Å². The predicted octanol–water partition coefficient (Wildman–Crippen LogP) is -4.82. The Morgan fingerprint density at radius 2 is 1.94 bits per heavy atom. The van der Waals surface area contributed by atoms with Crippen LogP contribution in [0.3, 0.4) is 0 Å². The lowest BCUT2D eigenvalue weighted by atomic mass is 9.84. The van der Waals surface area contributed by atoms with Gasteiger partial charge in [0.15, 0.2) is 12.0 Å². The molecule has 4 heterocycles. The molecule has 3 amide bonds. The number of imide groups is 1. The first-order valence-electron chi connectivity index (χ1n) is 12.1. The molecule has 4 aliphatic heterocycles. The van der Waals surface area contributed by atoms with E-state index in [-0.39, 0.29) is 49.7 Å². The van der Waals surface area contributed by atoms with Crippen LogP contribution in [0.15, 0.2) is 23.2 Å². The molecule has 2 saturated heterocycles. The minimum absolute atomic E-state index is 0.0239. The van der Waals surface area contributed by atoms with Crippen molar-refractivity contribution in [3.63, 3.8) is 0 Å². The molecule has 1 spiro atoms. The quantitative estimate of drug-likeness (QED) is 0.157. The molecule has 1 aromatic rings. The number of fused-ring (bicyclic) bond motifs is 1. The third kappa shape index (κ3) is 2.99. The summed E-state index contributed by atoms with van der Waals surface area (Å²) < 4.78 is 0. The summed E-state index contributed by atoms with van der Waals surface area (Å²) in [5.74, 6) is -3.58. The Morgan fingerprint density at radius 3 is 2.69 bits per heavy atom. The van der Waals surface area contributed by atoms with Crippen LogP contribution in [-0.4, -0.2) is 92.3 Å². The van der Waals surface area contributed by atoms with Gasteiger partial charge in [-0.2, -0.15) is 0 Å². The first-order chi connectivity index (χ1) is 17.1. The molecule has 1 aromatic carbocycles. The average molecular weight is 498 g/mol. The number of nitrogens with two attached hydrogens (primary N) is 2. The van der Waals surface area contributed by atoms with Crippen LogP contribution in [0, 0.1) is 0 Å². The number of amides is 3. The van der Waals surface area contributed by atoms with Crippen molar-refractivity contribution >= 4 is 29.6 Å². The van der Waals surface area contributed by atoms with Crippen LogP contribution < -0.4 is 27.1 Å². The Kier molecular flexibility index (Phi) is 4.83. The monoisotopic (exact) mass is 497 g/mol. The standard InChI is InChI=1S/C23H28N8O5/c24-20-28-18-14(9-30-16(32)7-8-17(30)33)26-21(25)31-10-15(23(35,36)22(18,31)29-20)27-19(34)13-6-2-4-11-3-1-5-12(11)13/h2,4,6,14-15,18,35-36H,1,3,5,7-10H2,(H2,25,26)(H,27,34)(H3,24,28,29)/p+1/t14-,15-,18-,22-/m0/s1. The van der Waals surface area contributed by atoms with Crippen LogP contribution in [0.2, 0.25) is 0 Å². The van der Waals surface area contributed by atoms with Crippen molar-refractivity contribution in [1.29, 1.82) is 0 Å². The summed E-state index contributed by atoms with van der Waals surface area (Å²) in [6.07, 6.45) is 2.90. The third-order valence-corrected chi connectivity index (χ3v) is 8.10. The fraction of sp³-hybridized carbons (Fsp3) is 0.522. The van der Waals surface area contributed by atoms with E-state index in [9.17, 15) is 24.6 Å². The second-order valence-electron chi connectivity index (χ2n) is 10.0. The Balaban J connectivity index is 1.32. The molecule has 0 unspecified atom stereocenters.